The highest BCUT2D eigenvalue weighted by molar-refractivity contribution is 5.94. The molecule has 0 aliphatic rings. The first-order valence-corrected chi connectivity index (χ1v) is 8.34. The summed E-state index contributed by atoms with van der Waals surface area (Å²) in [6, 6.07) is 26.1. The lowest BCUT2D eigenvalue weighted by atomic mass is 10.0. The maximum atomic E-state index is 13.1. The van der Waals surface area contributed by atoms with Crippen molar-refractivity contribution in [1.82, 2.24) is 4.90 Å². The Morgan fingerprint density at radius 3 is 2.08 bits per heavy atom. The fourth-order valence-corrected chi connectivity index (χ4v) is 2.92. The summed E-state index contributed by atoms with van der Waals surface area (Å²) in [4.78, 5) is 14.9. The summed E-state index contributed by atoms with van der Waals surface area (Å²) in [6.07, 6.45) is 0. The first-order valence-electron chi connectivity index (χ1n) is 8.34. The van der Waals surface area contributed by atoms with Gasteiger partial charge in [0.2, 0.25) is 0 Å². The molecule has 3 heteroatoms. The Kier molecular flexibility index (Phi) is 5.14. The number of nitrogens with zero attached hydrogens (tertiary/aromatic N) is 1. The van der Waals surface area contributed by atoms with Crippen molar-refractivity contribution in [3.8, 4) is 5.75 Å². The second-order valence-corrected chi connectivity index (χ2v) is 6.02. The molecule has 126 valence electrons. The number of rotatable bonds is 5. The average Bonchev–Trinajstić information content (AvgIpc) is 2.67. The number of aromatic hydroxyl groups is 1. The van der Waals surface area contributed by atoms with Gasteiger partial charge in [-0.05, 0) is 30.7 Å². The molecule has 3 nitrogen and oxygen atoms in total. The van der Waals surface area contributed by atoms with Crippen molar-refractivity contribution in [2.24, 2.45) is 0 Å². The maximum absolute atomic E-state index is 13.1. The zero-order valence-electron chi connectivity index (χ0n) is 14.2. The van der Waals surface area contributed by atoms with Crippen LogP contribution in [0.4, 0.5) is 0 Å². The number of phenolic OH excluding ortho intramolecular Hbond substituents is 1. The molecule has 3 aromatic rings. The SMILES string of the molecule is CC(c1ccccc1O)N(Cc1ccccc1)C(=O)c1ccccc1. The Hall–Kier alpha value is -3.07. The molecule has 0 heterocycles. The van der Waals surface area contributed by atoms with E-state index < -0.39 is 0 Å². The van der Waals surface area contributed by atoms with E-state index >= 15 is 0 Å². The zero-order chi connectivity index (χ0) is 17.6. The third-order valence-corrected chi connectivity index (χ3v) is 4.33. The molecule has 0 aliphatic heterocycles. The highest BCUT2D eigenvalue weighted by Crippen LogP contribution is 2.30. The molecule has 0 bridgehead atoms. The minimum absolute atomic E-state index is 0.0554. The molecular formula is C22H21NO2. The summed E-state index contributed by atoms with van der Waals surface area (Å²) in [6.45, 7) is 2.42. The number of hydrogen-bond acceptors (Lipinski definition) is 2. The molecule has 3 rings (SSSR count). The van der Waals surface area contributed by atoms with Crippen LogP contribution in [0.15, 0.2) is 84.9 Å². The van der Waals surface area contributed by atoms with Crippen molar-refractivity contribution in [3.05, 3.63) is 102 Å². The Morgan fingerprint density at radius 2 is 1.44 bits per heavy atom. The molecule has 1 atom stereocenters. The summed E-state index contributed by atoms with van der Waals surface area (Å²) < 4.78 is 0. The second-order valence-electron chi connectivity index (χ2n) is 6.02. The van der Waals surface area contributed by atoms with Gasteiger partial charge in [0.15, 0.2) is 0 Å². The lowest BCUT2D eigenvalue weighted by Gasteiger charge is -2.30. The fourth-order valence-electron chi connectivity index (χ4n) is 2.92. The second kappa shape index (κ2) is 7.67. The number of benzene rings is 3. The molecule has 1 unspecified atom stereocenters. The predicted molar refractivity (Wildman–Crippen MR) is 99.3 cm³/mol. The summed E-state index contributed by atoms with van der Waals surface area (Å²) in [7, 11) is 0. The number of hydrogen-bond donors (Lipinski definition) is 1. The Labute approximate surface area is 148 Å². The molecule has 1 amide bonds. The molecule has 3 aromatic carbocycles. The maximum Gasteiger partial charge on any atom is 0.254 e. The first-order chi connectivity index (χ1) is 12.2. The van der Waals surface area contributed by atoms with Gasteiger partial charge in [-0.25, -0.2) is 0 Å². The van der Waals surface area contributed by atoms with Crippen LogP contribution in [0.5, 0.6) is 5.75 Å². The Morgan fingerprint density at radius 1 is 0.880 bits per heavy atom. The highest BCUT2D eigenvalue weighted by atomic mass is 16.3. The van der Waals surface area contributed by atoms with Gasteiger partial charge in [-0.15, -0.1) is 0 Å². The summed E-state index contributed by atoms with van der Waals surface area (Å²) in [5, 5.41) is 10.2. The van der Waals surface area contributed by atoms with E-state index in [0.717, 1.165) is 11.1 Å². The van der Waals surface area contributed by atoms with Crippen molar-refractivity contribution < 1.29 is 9.90 Å². The summed E-state index contributed by atoms with van der Waals surface area (Å²) in [5.41, 5.74) is 2.43. The minimum Gasteiger partial charge on any atom is -0.508 e. The van der Waals surface area contributed by atoms with Crippen LogP contribution in [0.1, 0.15) is 34.5 Å². The van der Waals surface area contributed by atoms with E-state index in [2.05, 4.69) is 0 Å². The fraction of sp³-hybridized carbons (Fsp3) is 0.136. The lowest BCUT2D eigenvalue weighted by Crippen LogP contribution is -2.33. The third-order valence-electron chi connectivity index (χ3n) is 4.33. The van der Waals surface area contributed by atoms with Gasteiger partial charge in [-0.2, -0.15) is 0 Å². The van der Waals surface area contributed by atoms with Crippen molar-refractivity contribution in [2.45, 2.75) is 19.5 Å². The number of amides is 1. The van der Waals surface area contributed by atoms with Crippen LogP contribution in [0, 0.1) is 0 Å². The standard InChI is InChI=1S/C22H21NO2/c1-17(20-14-8-9-15-21(20)24)23(16-18-10-4-2-5-11-18)22(25)19-12-6-3-7-13-19/h2-15,17,24H,16H2,1H3. The topological polar surface area (TPSA) is 40.5 Å². The van der Waals surface area contributed by atoms with Gasteiger partial charge in [0.1, 0.15) is 5.75 Å². The molecular weight excluding hydrogens is 310 g/mol. The predicted octanol–water partition coefficient (Wildman–Crippen LogP) is 4.80. The van der Waals surface area contributed by atoms with Crippen LogP contribution >= 0.6 is 0 Å². The highest BCUT2D eigenvalue weighted by Gasteiger charge is 2.24. The normalized spacial score (nSPS) is 11.7. The van der Waals surface area contributed by atoms with Crippen LogP contribution in [0.25, 0.3) is 0 Å². The van der Waals surface area contributed by atoms with Crippen molar-refractivity contribution in [2.75, 3.05) is 0 Å². The molecule has 1 N–H and O–H groups in total. The van der Waals surface area contributed by atoms with E-state index in [4.69, 9.17) is 0 Å². The van der Waals surface area contributed by atoms with Gasteiger partial charge >= 0.3 is 0 Å². The van der Waals surface area contributed by atoms with Crippen molar-refractivity contribution in [3.63, 3.8) is 0 Å². The molecule has 0 fully saturated rings. The van der Waals surface area contributed by atoms with Gasteiger partial charge < -0.3 is 10.0 Å². The van der Waals surface area contributed by atoms with Gasteiger partial charge in [-0.1, -0.05) is 66.7 Å². The molecule has 0 aliphatic carbocycles. The smallest absolute Gasteiger partial charge is 0.254 e. The largest absolute Gasteiger partial charge is 0.508 e. The number of para-hydroxylation sites is 1. The van der Waals surface area contributed by atoms with Gasteiger partial charge in [-0.3, -0.25) is 4.79 Å². The molecule has 0 radical (unpaired) electrons. The first kappa shape index (κ1) is 16.8. The van der Waals surface area contributed by atoms with Crippen LogP contribution in [-0.4, -0.2) is 15.9 Å². The van der Waals surface area contributed by atoms with Gasteiger partial charge in [0.25, 0.3) is 5.91 Å². The average molecular weight is 331 g/mol. The van der Waals surface area contributed by atoms with E-state index in [-0.39, 0.29) is 17.7 Å². The minimum atomic E-state index is -0.255. The van der Waals surface area contributed by atoms with Crippen LogP contribution in [-0.2, 0) is 6.54 Å². The van der Waals surface area contributed by atoms with E-state index in [9.17, 15) is 9.90 Å². The summed E-state index contributed by atoms with van der Waals surface area (Å²) in [5.74, 6) is 0.147. The number of carbonyl (C=O) groups is 1. The van der Waals surface area contributed by atoms with Gasteiger partial charge in [0, 0.05) is 17.7 Å². The van der Waals surface area contributed by atoms with E-state index in [1.807, 2.05) is 79.7 Å². The van der Waals surface area contributed by atoms with E-state index in [1.165, 1.54) is 0 Å². The molecule has 0 saturated carbocycles. The van der Waals surface area contributed by atoms with Crippen LogP contribution in [0.2, 0.25) is 0 Å². The van der Waals surface area contributed by atoms with Crippen LogP contribution < -0.4 is 0 Å². The Bertz CT molecular complexity index is 831. The van der Waals surface area contributed by atoms with E-state index in [1.54, 1.807) is 17.0 Å². The van der Waals surface area contributed by atoms with Crippen LogP contribution in [0.3, 0.4) is 0 Å². The number of carbonyl (C=O) groups excluding carboxylic acids is 1. The summed E-state index contributed by atoms with van der Waals surface area (Å²) >= 11 is 0. The van der Waals surface area contributed by atoms with Crippen molar-refractivity contribution in [1.29, 1.82) is 0 Å². The van der Waals surface area contributed by atoms with E-state index in [0.29, 0.717) is 12.1 Å². The monoisotopic (exact) mass is 331 g/mol. The molecule has 0 spiro atoms. The Balaban J connectivity index is 1.96. The quantitative estimate of drug-likeness (QED) is 0.730. The molecule has 0 saturated heterocycles. The van der Waals surface area contributed by atoms with Gasteiger partial charge in [0.05, 0.1) is 6.04 Å². The molecule has 0 aromatic heterocycles. The van der Waals surface area contributed by atoms with Crippen molar-refractivity contribution >= 4 is 5.91 Å². The third kappa shape index (κ3) is 3.89. The zero-order valence-corrected chi connectivity index (χ0v) is 14.2. The lowest BCUT2D eigenvalue weighted by molar-refractivity contribution is 0.0672. The number of phenols is 1. The molecule has 25 heavy (non-hydrogen) atoms.